The lowest BCUT2D eigenvalue weighted by Gasteiger charge is -2.28. The summed E-state index contributed by atoms with van der Waals surface area (Å²) < 4.78 is 0. The molecule has 1 aromatic carbocycles. The van der Waals surface area contributed by atoms with Gasteiger partial charge in [-0.15, -0.1) is 0 Å². The average molecular weight is 233 g/mol. The number of amides is 1. The number of hydrogen-bond acceptors (Lipinski definition) is 3. The van der Waals surface area contributed by atoms with E-state index in [1.807, 2.05) is 30.3 Å². The summed E-state index contributed by atoms with van der Waals surface area (Å²) in [5, 5.41) is 0. The van der Waals surface area contributed by atoms with Crippen molar-refractivity contribution in [2.24, 2.45) is 5.92 Å². The van der Waals surface area contributed by atoms with Crippen molar-refractivity contribution in [3.8, 4) is 0 Å². The fraction of sp³-hybridized carbons (Fsp3) is 0.462. The van der Waals surface area contributed by atoms with E-state index in [9.17, 15) is 4.79 Å². The van der Waals surface area contributed by atoms with Crippen LogP contribution in [0.2, 0.25) is 0 Å². The first kappa shape index (κ1) is 11.9. The summed E-state index contributed by atoms with van der Waals surface area (Å²) in [6.45, 7) is 2.01. The maximum atomic E-state index is 11.9. The maximum Gasteiger partial charge on any atom is 0.241 e. The van der Waals surface area contributed by atoms with Crippen LogP contribution in [0.3, 0.4) is 0 Å². The summed E-state index contributed by atoms with van der Waals surface area (Å²) in [6.07, 6.45) is 1.89. The molecule has 17 heavy (non-hydrogen) atoms. The highest BCUT2D eigenvalue weighted by molar-refractivity contribution is 5.80. The first-order valence-corrected chi connectivity index (χ1v) is 6.05. The van der Waals surface area contributed by atoms with E-state index < -0.39 is 0 Å². The number of anilines is 1. The van der Waals surface area contributed by atoms with Crippen LogP contribution in [0.5, 0.6) is 0 Å². The number of nitrogens with zero attached hydrogens (tertiary/aromatic N) is 1. The van der Waals surface area contributed by atoms with Gasteiger partial charge in [0.15, 0.2) is 0 Å². The molecule has 0 spiro atoms. The largest absolute Gasteiger partial charge is 0.306 e. The highest BCUT2D eigenvalue weighted by Crippen LogP contribution is 2.15. The number of likely N-dealkylation sites (tertiary alicyclic amines) is 1. The molecule has 2 rings (SSSR count). The molecule has 1 aromatic rings. The van der Waals surface area contributed by atoms with Crippen molar-refractivity contribution in [2.75, 3.05) is 25.6 Å². The Morgan fingerprint density at radius 1 is 1.24 bits per heavy atom. The predicted octanol–water partition coefficient (Wildman–Crippen LogP) is 1.47. The Kier molecular flexibility index (Phi) is 3.98. The van der Waals surface area contributed by atoms with Crippen LogP contribution < -0.4 is 10.9 Å². The second-order valence-electron chi connectivity index (χ2n) is 4.56. The van der Waals surface area contributed by atoms with Gasteiger partial charge in [0.1, 0.15) is 0 Å². The van der Waals surface area contributed by atoms with Gasteiger partial charge in [0, 0.05) is 5.92 Å². The minimum Gasteiger partial charge on any atom is -0.306 e. The monoisotopic (exact) mass is 233 g/mol. The van der Waals surface area contributed by atoms with E-state index in [4.69, 9.17) is 0 Å². The third-order valence-corrected chi connectivity index (χ3v) is 3.19. The number of carbonyl (C=O) groups is 1. The number of nitrogens with one attached hydrogen (secondary N) is 2. The van der Waals surface area contributed by atoms with Gasteiger partial charge in [0.25, 0.3) is 0 Å². The van der Waals surface area contributed by atoms with Crippen LogP contribution in [0.1, 0.15) is 12.8 Å². The molecule has 0 aromatic heterocycles. The number of rotatable bonds is 3. The highest BCUT2D eigenvalue weighted by Gasteiger charge is 2.22. The Morgan fingerprint density at radius 2 is 1.88 bits per heavy atom. The van der Waals surface area contributed by atoms with E-state index in [1.54, 1.807) is 0 Å². The molecule has 1 saturated heterocycles. The minimum atomic E-state index is 0.0990. The molecule has 4 heteroatoms. The van der Waals surface area contributed by atoms with Crippen LogP contribution in [0, 0.1) is 5.92 Å². The van der Waals surface area contributed by atoms with E-state index in [0.717, 1.165) is 31.6 Å². The quantitative estimate of drug-likeness (QED) is 0.777. The van der Waals surface area contributed by atoms with Crippen LogP contribution in [0.4, 0.5) is 5.69 Å². The smallest absolute Gasteiger partial charge is 0.241 e. The van der Waals surface area contributed by atoms with Crippen LogP contribution >= 0.6 is 0 Å². The zero-order valence-electron chi connectivity index (χ0n) is 10.1. The van der Waals surface area contributed by atoms with Gasteiger partial charge < -0.3 is 4.90 Å². The van der Waals surface area contributed by atoms with Gasteiger partial charge in [-0.3, -0.25) is 15.6 Å². The molecule has 0 aliphatic carbocycles. The Balaban J connectivity index is 1.78. The summed E-state index contributed by atoms with van der Waals surface area (Å²) in [6, 6.07) is 9.67. The third-order valence-electron chi connectivity index (χ3n) is 3.19. The van der Waals surface area contributed by atoms with Crippen LogP contribution in [-0.2, 0) is 4.79 Å². The van der Waals surface area contributed by atoms with Crippen LogP contribution in [0.15, 0.2) is 30.3 Å². The highest BCUT2D eigenvalue weighted by atomic mass is 16.2. The average Bonchev–Trinajstić information content (AvgIpc) is 2.38. The molecule has 92 valence electrons. The molecule has 1 heterocycles. The molecule has 0 atom stereocenters. The normalized spacial score (nSPS) is 17.7. The molecule has 1 aliphatic heterocycles. The number of para-hydroxylation sites is 1. The Labute approximate surface area is 102 Å². The zero-order chi connectivity index (χ0) is 12.1. The predicted molar refractivity (Wildman–Crippen MR) is 68.4 cm³/mol. The van der Waals surface area contributed by atoms with Gasteiger partial charge in [-0.1, -0.05) is 18.2 Å². The third kappa shape index (κ3) is 3.46. The van der Waals surface area contributed by atoms with E-state index in [-0.39, 0.29) is 11.8 Å². The SMILES string of the molecule is CN1CCC(C(=O)NNc2ccccc2)CC1. The Hall–Kier alpha value is -1.55. The molecule has 1 fully saturated rings. The molecule has 0 bridgehead atoms. The molecule has 1 amide bonds. The maximum absolute atomic E-state index is 11.9. The fourth-order valence-corrected chi connectivity index (χ4v) is 2.03. The molecule has 0 unspecified atom stereocenters. The molecule has 1 aliphatic rings. The minimum absolute atomic E-state index is 0.0990. The summed E-state index contributed by atoms with van der Waals surface area (Å²) in [7, 11) is 2.09. The first-order chi connectivity index (χ1) is 8.25. The van der Waals surface area contributed by atoms with E-state index in [0.29, 0.717) is 0 Å². The van der Waals surface area contributed by atoms with E-state index >= 15 is 0 Å². The standard InChI is InChI=1S/C13H19N3O/c1-16-9-7-11(8-10-16)13(17)15-14-12-5-3-2-4-6-12/h2-6,11,14H,7-10H2,1H3,(H,15,17). The van der Waals surface area contributed by atoms with Crippen molar-refractivity contribution in [3.63, 3.8) is 0 Å². The number of hydrazine groups is 1. The topological polar surface area (TPSA) is 44.4 Å². The molecular formula is C13H19N3O. The zero-order valence-corrected chi connectivity index (χ0v) is 10.1. The lowest BCUT2D eigenvalue weighted by molar-refractivity contribution is -0.125. The van der Waals surface area contributed by atoms with E-state index in [2.05, 4.69) is 22.8 Å². The van der Waals surface area contributed by atoms with Crippen molar-refractivity contribution in [2.45, 2.75) is 12.8 Å². The second-order valence-corrected chi connectivity index (χ2v) is 4.56. The molecule has 0 radical (unpaired) electrons. The van der Waals surface area contributed by atoms with Crippen molar-refractivity contribution >= 4 is 11.6 Å². The van der Waals surface area contributed by atoms with Crippen LogP contribution in [0.25, 0.3) is 0 Å². The van der Waals surface area contributed by atoms with Crippen molar-refractivity contribution in [3.05, 3.63) is 30.3 Å². The Bertz CT molecular complexity index is 358. The van der Waals surface area contributed by atoms with Gasteiger partial charge in [-0.25, -0.2) is 0 Å². The summed E-state index contributed by atoms with van der Waals surface area (Å²) >= 11 is 0. The van der Waals surface area contributed by atoms with Gasteiger partial charge in [-0.2, -0.15) is 0 Å². The van der Waals surface area contributed by atoms with E-state index in [1.165, 1.54) is 0 Å². The van der Waals surface area contributed by atoms with Crippen molar-refractivity contribution in [1.82, 2.24) is 10.3 Å². The van der Waals surface area contributed by atoms with Crippen molar-refractivity contribution in [1.29, 1.82) is 0 Å². The number of hydrogen-bond donors (Lipinski definition) is 2. The van der Waals surface area contributed by atoms with Gasteiger partial charge in [0.05, 0.1) is 5.69 Å². The first-order valence-electron chi connectivity index (χ1n) is 6.05. The summed E-state index contributed by atoms with van der Waals surface area (Å²) in [5.74, 6) is 0.240. The Morgan fingerprint density at radius 3 is 2.53 bits per heavy atom. The number of benzene rings is 1. The fourth-order valence-electron chi connectivity index (χ4n) is 2.03. The summed E-state index contributed by atoms with van der Waals surface area (Å²) in [5.41, 5.74) is 6.63. The molecule has 0 saturated carbocycles. The van der Waals surface area contributed by atoms with Gasteiger partial charge in [-0.05, 0) is 45.1 Å². The van der Waals surface area contributed by atoms with Gasteiger partial charge >= 0.3 is 0 Å². The molecular weight excluding hydrogens is 214 g/mol. The number of piperidine rings is 1. The summed E-state index contributed by atoms with van der Waals surface area (Å²) in [4.78, 5) is 14.1. The molecule has 4 nitrogen and oxygen atoms in total. The van der Waals surface area contributed by atoms with Crippen LogP contribution in [-0.4, -0.2) is 30.9 Å². The number of carbonyl (C=O) groups excluding carboxylic acids is 1. The lowest BCUT2D eigenvalue weighted by atomic mass is 9.97. The lowest BCUT2D eigenvalue weighted by Crippen LogP contribution is -2.40. The van der Waals surface area contributed by atoms with Gasteiger partial charge in [0.2, 0.25) is 5.91 Å². The second kappa shape index (κ2) is 5.68. The molecule has 2 N–H and O–H groups in total. The van der Waals surface area contributed by atoms with Crippen molar-refractivity contribution < 1.29 is 4.79 Å².